The highest BCUT2D eigenvalue weighted by Crippen LogP contribution is 2.66. The highest BCUT2D eigenvalue weighted by atomic mass is 79.9. The number of allylic oxidation sites excluding steroid dienone is 2. The molecule has 3 fully saturated rings. The number of phenols is 1. The zero-order valence-corrected chi connectivity index (χ0v) is 29.7. The van der Waals surface area contributed by atoms with Gasteiger partial charge in [0.15, 0.2) is 9.75 Å². The zero-order chi connectivity index (χ0) is 35.8. The van der Waals surface area contributed by atoms with Crippen LogP contribution < -0.4 is 14.5 Å². The van der Waals surface area contributed by atoms with E-state index in [2.05, 4.69) is 15.9 Å². The standard InChI is InChI=1S/C39H28BrCl2FN2O6/c40-22-6-10-24(11-7-22)44-34(47)29-17-16-27-30(32(29)35(44)48)19-38(41)36(49)45(25-12-8-23(43)9-13-25)37(50)39(38,42)33(27)28-15-14-26(18-31(28)46)51-20-21-4-2-1-3-5-21/h1-16,18,29-30,32-33,46H,17,19-20H2/t29-,30+,32-,33+,38+,39-/m0/s1. The molecule has 0 spiro atoms. The van der Waals surface area contributed by atoms with Crippen LogP contribution in [0.2, 0.25) is 0 Å². The van der Waals surface area contributed by atoms with E-state index in [1.165, 1.54) is 23.1 Å². The summed E-state index contributed by atoms with van der Waals surface area (Å²) < 4.78 is 20.7. The van der Waals surface area contributed by atoms with Crippen LogP contribution in [-0.2, 0) is 25.8 Å². The van der Waals surface area contributed by atoms with Crippen molar-refractivity contribution in [1.29, 1.82) is 0 Å². The maximum absolute atomic E-state index is 14.6. The smallest absolute Gasteiger partial charge is 0.258 e. The Morgan fingerprint density at radius 3 is 2.18 bits per heavy atom. The summed E-state index contributed by atoms with van der Waals surface area (Å²) in [5.41, 5.74) is 2.10. The molecule has 6 atom stereocenters. The van der Waals surface area contributed by atoms with Gasteiger partial charge in [-0.1, -0.05) is 64.0 Å². The summed E-state index contributed by atoms with van der Waals surface area (Å²) in [6.45, 7) is 0.230. The fourth-order valence-corrected chi connectivity index (χ4v) is 9.38. The molecule has 0 unspecified atom stereocenters. The van der Waals surface area contributed by atoms with Gasteiger partial charge in [-0.25, -0.2) is 9.29 Å². The summed E-state index contributed by atoms with van der Waals surface area (Å²) in [5.74, 6) is -6.69. The molecule has 4 aromatic rings. The Kier molecular flexibility index (Phi) is 8.12. The molecule has 2 aliphatic carbocycles. The fraction of sp³-hybridized carbons (Fsp3) is 0.231. The van der Waals surface area contributed by atoms with E-state index in [0.717, 1.165) is 27.1 Å². The number of hydrogen-bond acceptors (Lipinski definition) is 6. The molecular formula is C39H28BrCl2FN2O6. The molecule has 0 aromatic heterocycles. The van der Waals surface area contributed by atoms with Crippen LogP contribution in [0.15, 0.2) is 113 Å². The summed E-state index contributed by atoms with van der Waals surface area (Å²) >= 11 is 18.3. The first-order valence-electron chi connectivity index (χ1n) is 16.3. The first-order chi connectivity index (χ1) is 24.4. The normalized spacial score (nSPS) is 28.4. The molecule has 0 bridgehead atoms. The van der Waals surface area contributed by atoms with Crippen molar-refractivity contribution in [2.75, 3.05) is 9.80 Å². The lowest BCUT2D eigenvalue weighted by molar-refractivity contribution is -0.125. The molecule has 1 N–H and O–H groups in total. The summed E-state index contributed by atoms with van der Waals surface area (Å²) in [6.07, 6.45) is 1.72. The number of amides is 4. The molecule has 51 heavy (non-hydrogen) atoms. The van der Waals surface area contributed by atoms with Crippen LogP contribution in [0.3, 0.4) is 0 Å². The van der Waals surface area contributed by atoms with Crippen molar-refractivity contribution in [3.8, 4) is 11.5 Å². The second-order valence-corrected chi connectivity index (χ2v) is 15.4. The van der Waals surface area contributed by atoms with Crippen LogP contribution in [0.5, 0.6) is 11.5 Å². The van der Waals surface area contributed by atoms with E-state index in [-0.39, 0.29) is 42.4 Å². The topological polar surface area (TPSA) is 104 Å². The molecule has 2 saturated heterocycles. The highest BCUT2D eigenvalue weighted by molar-refractivity contribution is 9.10. The number of carbonyl (C=O) groups is 4. The van der Waals surface area contributed by atoms with Crippen molar-refractivity contribution in [1.82, 2.24) is 0 Å². The van der Waals surface area contributed by atoms with Crippen molar-refractivity contribution >= 4 is 74.1 Å². The molecule has 8 nitrogen and oxygen atoms in total. The number of phenolic OH excluding ortho intramolecular Hbond substituents is 1. The van der Waals surface area contributed by atoms with Crippen LogP contribution in [0.25, 0.3) is 0 Å². The number of imide groups is 2. The average Bonchev–Trinajstić information content (AvgIpc) is 3.46. The van der Waals surface area contributed by atoms with Gasteiger partial charge >= 0.3 is 0 Å². The van der Waals surface area contributed by atoms with Gasteiger partial charge in [0, 0.05) is 22.0 Å². The van der Waals surface area contributed by atoms with Gasteiger partial charge in [0.2, 0.25) is 11.8 Å². The Morgan fingerprint density at radius 2 is 1.49 bits per heavy atom. The van der Waals surface area contributed by atoms with E-state index < -0.39 is 57.0 Å². The van der Waals surface area contributed by atoms with Gasteiger partial charge in [0.05, 0.1) is 23.2 Å². The van der Waals surface area contributed by atoms with Gasteiger partial charge in [0.25, 0.3) is 11.8 Å². The highest BCUT2D eigenvalue weighted by Gasteiger charge is 2.77. The SMILES string of the molecule is O=C1[C@H]2[C@H](CC=C3[C@H]2C[C@@]2(Cl)C(=O)N(c4ccc(F)cc4)C(=O)[C@@]2(Cl)[C@H]3c2ccc(OCc3ccccc3)cc2O)C(=O)N1c1ccc(Br)cc1. The number of benzene rings is 4. The number of rotatable bonds is 6. The molecule has 12 heteroatoms. The lowest BCUT2D eigenvalue weighted by atomic mass is 9.56. The van der Waals surface area contributed by atoms with Gasteiger partial charge in [-0.15, -0.1) is 23.2 Å². The number of ether oxygens (including phenoxy) is 1. The molecule has 4 aromatic carbocycles. The fourth-order valence-electron chi connectivity index (χ4n) is 8.19. The van der Waals surface area contributed by atoms with E-state index in [9.17, 15) is 28.7 Å². The van der Waals surface area contributed by atoms with Crippen molar-refractivity contribution in [2.45, 2.75) is 35.1 Å². The van der Waals surface area contributed by atoms with Crippen LogP contribution in [0, 0.1) is 23.6 Å². The lowest BCUT2D eigenvalue weighted by Gasteiger charge is -2.50. The Morgan fingerprint density at radius 1 is 0.824 bits per heavy atom. The van der Waals surface area contributed by atoms with E-state index in [1.54, 1.807) is 42.5 Å². The first-order valence-corrected chi connectivity index (χ1v) is 17.8. The van der Waals surface area contributed by atoms with E-state index in [1.807, 2.05) is 30.3 Å². The van der Waals surface area contributed by atoms with E-state index in [0.29, 0.717) is 17.0 Å². The summed E-state index contributed by atoms with van der Waals surface area (Å²) in [5, 5.41) is 11.6. The predicted molar refractivity (Wildman–Crippen MR) is 192 cm³/mol. The number of anilines is 2. The molecule has 1 saturated carbocycles. The monoisotopic (exact) mass is 788 g/mol. The second kappa shape index (κ2) is 12.3. The third-order valence-corrected chi connectivity index (χ3v) is 12.5. The van der Waals surface area contributed by atoms with Crippen molar-refractivity contribution in [2.24, 2.45) is 17.8 Å². The molecule has 4 aliphatic rings. The maximum Gasteiger partial charge on any atom is 0.258 e. The third kappa shape index (κ3) is 5.05. The largest absolute Gasteiger partial charge is 0.508 e. The number of hydrogen-bond donors (Lipinski definition) is 1. The van der Waals surface area contributed by atoms with Crippen molar-refractivity contribution < 1.29 is 33.4 Å². The number of nitrogens with zero attached hydrogens (tertiary/aromatic N) is 2. The number of fused-ring (bicyclic) bond motifs is 4. The van der Waals surface area contributed by atoms with Crippen LogP contribution >= 0.6 is 39.1 Å². The molecule has 2 heterocycles. The summed E-state index contributed by atoms with van der Waals surface area (Å²) in [4.78, 5) is 54.9. The zero-order valence-electron chi connectivity index (χ0n) is 26.6. The number of carbonyl (C=O) groups excluding carboxylic acids is 4. The predicted octanol–water partition coefficient (Wildman–Crippen LogP) is 7.64. The Balaban J connectivity index is 1.24. The molecule has 0 radical (unpaired) electrons. The molecule has 2 aliphatic heterocycles. The minimum atomic E-state index is -2.18. The summed E-state index contributed by atoms with van der Waals surface area (Å²) in [6, 6.07) is 25.7. The molecule has 4 amide bonds. The number of halogens is 4. The Hall–Kier alpha value is -4.51. The van der Waals surface area contributed by atoms with Crippen LogP contribution in [0.4, 0.5) is 15.8 Å². The average molecular weight is 790 g/mol. The van der Waals surface area contributed by atoms with E-state index >= 15 is 0 Å². The minimum Gasteiger partial charge on any atom is -0.508 e. The second-order valence-electron chi connectivity index (χ2n) is 13.2. The van der Waals surface area contributed by atoms with Crippen molar-refractivity contribution in [3.63, 3.8) is 0 Å². The van der Waals surface area contributed by atoms with Gasteiger partial charge in [-0.2, -0.15) is 0 Å². The minimum absolute atomic E-state index is 0.0665. The Labute approximate surface area is 310 Å². The van der Waals surface area contributed by atoms with Gasteiger partial charge in [-0.3, -0.25) is 24.1 Å². The number of aromatic hydroxyl groups is 1. The van der Waals surface area contributed by atoms with Gasteiger partial charge < -0.3 is 9.84 Å². The maximum atomic E-state index is 14.6. The molecule has 258 valence electrons. The third-order valence-electron chi connectivity index (χ3n) is 10.5. The molecule has 8 rings (SSSR count). The van der Waals surface area contributed by atoms with E-state index in [4.69, 9.17) is 27.9 Å². The summed E-state index contributed by atoms with van der Waals surface area (Å²) in [7, 11) is 0. The van der Waals surface area contributed by atoms with Gasteiger partial charge in [-0.05, 0) is 78.9 Å². The molecular weight excluding hydrogens is 762 g/mol. The first kappa shape index (κ1) is 33.6. The van der Waals surface area contributed by atoms with Crippen LogP contribution in [-0.4, -0.2) is 38.5 Å². The number of alkyl halides is 2. The van der Waals surface area contributed by atoms with Gasteiger partial charge in [0.1, 0.15) is 23.9 Å². The quantitative estimate of drug-likeness (QED) is 0.122. The van der Waals surface area contributed by atoms with Crippen molar-refractivity contribution in [3.05, 3.63) is 130 Å². The lowest BCUT2D eigenvalue weighted by Crippen LogP contribution is -2.60. The Bertz CT molecular complexity index is 2150. The van der Waals surface area contributed by atoms with Crippen LogP contribution in [0.1, 0.15) is 29.9 Å².